The molecule has 1 heterocycles. The normalized spacial score (nSPS) is 12.3. The zero-order valence-corrected chi connectivity index (χ0v) is 19.8. The van der Waals surface area contributed by atoms with Gasteiger partial charge in [0.2, 0.25) is 10.0 Å². The summed E-state index contributed by atoms with van der Waals surface area (Å²) in [5, 5.41) is 4.36. The molecular weight excluding hydrogens is 448 g/mol. The van der Waals surface area contributed by atoms with Crippen molar-refractivity contribution in [3.8, 4) is 5.69 Å². The number of carbonyl (C=O) groups excluding carboxylic acids is 1. The summed E-state index contributed by atoms with van der Waals surface area (Å²) in [6.07, 6.45) is 3.58. The first-order valence-corrected chi connectivity index (χ1v) is 12.3. The lowest BCUT2D eigenvalue weighted by atomic mass is 10.1. The number of para-hydroxylation sites is 1. The van der Waals surface area contributed by atoms with Gasteiger partial charge >= 0.3 is 0 Å². The first kappa shape index (κ1) is 23.4. The Balaban J connectivity index is 1.46. The number of amides is 1. The Morgan fingerprint density at radius 1 is 1.00 bits per heavy atom. The topological polar surface area (TPSA) is 84.3 Å². The van der Waals surface area contributed by atoms with Crippen LogP contribution in [0, 0.1) is 0 Å². The van der Waals surface area contributed by atoms with Crippen LogP contribution in [0.4, 0.5) is 0 Å². The van der Waals surface area contributed by atoms with Crippen LogP contribution in [0.2, 0.25) is 0 Å². The number of carbonyl (C=O) groups is 1. The predicted octanol–water partition coefficient (Wildman–Crippen LogP) is 4.18. The SMILES string of the molecule is C[C@H](NS(=O)(=O)c1cccc(C(=O)N(C)Cc2cnn(-c3ccccc3)c2)c1)c1ccccc1. The van der Waals surface area contributed by atoms with Gasteiger partial charge in [0.1, 0.15) is 0 Å². The fourth-order valence-electron chi connectivity index (χ4n) is 3.64. The molecule has 1 amide bonds. The monoisotopic (exact) mass is 474 g/mol. The fourth-order valence-corrected chi connectivity index (χ4v) is 4.91. The highest BCUT2D eigenvalue weighted by Gasteiger charge is 2.21. The number of benzene rings is 3. The van der Waals surface area contributed by atoms with Crippen molar-refractivity contribution in [3.05, 3.63) is 114 Å². The molecule has 0 radical (unpaired) electrons. The first-order chi connectivity index (χ1) is 16.3. The summed E-state index contributed by atoms with van der Waals surface area (Å²) in [6.45, 7) is 2.12. The van der Waals surface area contributed by atoms with E-state index in [0.717, 1.165) is 16.8 Å². The van der Waals surface area contributed by atoms with Crippen LogP contribution in [0.5, 0.6) is 0 Å². The quantitative estimate of drug-likeness (QED) is 0.415. The summed E-state index contributed by atoms with van der Waals surface area (Å²) < 4.78 is 30.3. The van der Waals surface area contributed by atoms with Crippen molar-refractivity contribution in [2.24, 2.45) is 0 Å². The minimum Gasteiger partial charge on any atom is -0.337 e. The highest BCUT2D eigenvalue weighted by Crippen LogP contribution is 2.19. The molecule has 34 heavy (non-hydrogen) atoms. The standard InChI is InChI=1S/C26H26N4O3S/c1-20(22-10-5-3-6-11-22)28-34(32,33)25-15-9-12-23(16-25)26(31)29(2)18-21-17-27-30(19-21)24-13-7-4-8-14-24/h3-17,19-20,28H,18H2,1-2H3/t20-/m0/s1. The molecule has 4 rings (SSSR count). The zero-order chi connectivity index (χ0) is 24.1. The van der Waals surface area contributed by atoms with E-state index in [2.05, 4.69) is 9.82 Å². The maximum Gasteiger partial charge on any atom is 0.253 e. The van der Waals surface area contributed by atoms with Crippen LogP contribution in [0.25, 0.3) is 5.69 Å². The molecule has 0 aliphatic carbocycles. The molecule has 1 atom stereocenters. The van der Waals surface area contributed by atoms with E-state index in [0.29, 0.717) is 12.1 Å². The molecule has 0 aliphatic heterocycles. The molecule has 1 N–H and O–H groups in total. The van der Waals surface area contributed by atoms with E-state index in [1.54, 1.807) is 37.0 Å². The molecule has 7 nitrogen and oxygen atoms in total. The van der Waals surface area contributed by atoms with Crippen LogP contribution in [0.1, 0.15) is 34.5 Å². The Morgan fingerprint density at radius 2 is 1.68 bits per heavy atom. The molecule has 0 saturated heterocycles. The van der Waals surface area contributed by atoms with Gasteiger partial charge in [-0.05, 0) is 42.8 Å². The number of hydrogen-bond acceptors (Lipinski definition) is 4. The van der Waals surface area contributed by atoms with Gasteiger partial charge in [-0.1, -0.05) is 54.6 Å². The van der Waals surface area contributed by atoms with Gasteiger partial charge in [0, 0.05) is 37.0 Å². The second-order valence-corrected chi connectivity index (χ2v) is 9.79. The number of nitrogens with zero attached hydrogens (tertiary/aromatic N) is 3. The Labute approximate surface area is 199 Å². The highest BCUT2D eigenvalue weighted by atomic mass is 32.2. The van der Waals surface area contributed by atoms with Crippen LogP contribution >= 0.6 is 0 Å². The molecule has 3 aromatic carbocycles. The van der Waals surface area contributed by atoms with E-state index in [1.807, 2.05) is 66.9 Å². The van der Waals surface area contributed by atoms with Gasteiger partial charge in [-0.3, -0.25) is 4.79 Å². The van der Waals surface area contributed by atoms with Gasteiger partial charge in [0.05, 0.1) is 16.8 Å². The van der Waals surface area contributed by atoms with E-state index in [4.69, 9.17) is 0 Å². The van der Waals surface area contributed by atoms with E-state index < -0.39 is 16.1 Å². The number of sulfonamides is 1. The molecule has 0 saturated carbocycles. The Bertz CT molecular complexity index is 1370. The van der Waals surface area contributed by atoms with Crippen molar-refractivity contribution in [1.29, 1.82) is 0 Å². The Kier molecular flexibility index (Phi) is 6.90. The van der Waals surface area contributed by atoms with E-state index in [9.17, 15) is 13.2 Å². The molecule has 0 unspecified atom stereocenters. The van der Waals surface area contributed by atoms with Crippen molar-refractivity contribution in [1.82, 2.24) is 19.4 Å². The third-order valence-corrected chi connectivity index (χ3v) is 6.98. The van der Waals surface area contributed by atoms with Gasteiger partial charge < -0.3 is 4.90 Å². The molecule has 174 valence electrons. The minimum atomic E-state index is -3.81. The zero-order valence-electron chi connectivity index (χ0n) is 19.0. The fraction of sp³-hybridized carbons (Fsp3) is 0.154. The summed E-state index contributed by atoms with van der Waals surface area (Å²) in [7, 11) is -2.13. The third-order valence-electron chi connectivity index (χ3n) is 5.45. The largest absolute Gasteiger partial charge is 0.337 e. The van der Waals surface area contributed by atoms with E-state index in [-0.39, 0.29) is 10.8 Å². The number of hydrogen-bond donors (Lipinski definition) is 1. The second-order valence-electron chi connectivity index (χ2n) is 8.07. The van der Waals surface area contributed by atoms with Gasteiger partial charge in [0.25, 0.3) is 5.91 Å². The van der Waals surface area contributed by atoms with Crippen molar-refractivity contribution in [3.63, 3.8) is 0 Å². The van der Waals surface area contributed by atoms with Crippen molar-refractivity contribution in [2.45, 2.75) is 24.4 Å². The molecule has 0 fully saturated rings. The average Bonchev–Trinajstić information content (AvgIpc) is 3.33. The van der Waals surface area contributed by atoms with Gasteiger partial charge in [-0.25, -0.2) is 17.8 Å². The smallest absolute Gasteiger partial charge is 0.253 e. The second kappa shape index (κ2) is 10.0. The van der Waals surface area contributed by atoms with Crippen molar-refractivity contribution >= 4 is 15.9 Å². The summed E-state index contributed by atoms with van der Waals surface area (Å²) in [5.41, 5.74) is 2.95. The van der Waals surface area contributed by atoms with Crippen molar-refractivity contribution < 1.29 is 13.2 Å². The molecular formula is C26H26N4O3S. The first-order valence-electron chi connectivity index (χ1n) is 10.9. The summed E-state index contributed by atoms with van der Waals surface area (Å²) in [6, 6.07) is 24.7. The van der Waals surface area contributed by atoms with Crippen molar-refractivity contribution in [2.75, 3.05) is 7.05 Å². The molecule has 8 heteroatoms. The Morgan fingerprint density at radius 3 is 2.38 bits per heavy atom. The number of rotatable bonds is 8. The number of nitrogens with one attached hydrogen (secondary N) is 1. The molecule has 0 aliphatic rings. The third kappa shape index (κ3) is 5.41. The summed E-state index contributed by atoms with van der Waals surface area (Å²) in [5.74, 6) is -0.277. The number of aromatic nitrogens is 2. The molecule has 0 spiro atoms. The summed E-state index contributed by atoms with van der Waals surface area (Å²) >= 11 is 0. The van der Waals surface area contributed by atoms with Crippen LogP contribution in [0.15, 0.2) is 102 Å². The molecule has 0 bridgehead atoms. The average molecular weight is 475 g/mol. The van der Waals surface area contributed by atoms with Gasteiger partial charge in [-0.15, -0.1) is 0 Å². The lowest BCUT2D eigenvalue weighted by molar-refractivity contribution is 0.0785. The maximum absolute atomic E-state index is 13.0. The molecule has 4 aromatic rings. The molecule has 1 aromatic heterocycles. The lowest BCUT2D eigenvalue weighted by Gasteiger charge is -2.18. The lowest BCUT2D eigenvalue weighted by Crippen LogP contribution is -2.28. The van der Waals surface area contributed by atoms with Crippen LogP contribution in [0.3, 0.4) is 0 Å². The van der Waals surface area contributed by atoms with Crippen LogP contribution in [-0.4, -0.2) is 36.1 Å². The maximum atomic E-state index is 13.0. The predicted molar refractivity (Wildman–Crippen MR) is 131 cm³/mol. The van der Waals surface area contributed by atoms with E-state index in [1.165, 1.54) is 17.0 Å². The van der Waals surface area contributed by atoms with Gasteiger partial charge in [0.15, 0.2) is 0 Å². The minimum absolute atomic E-state index is 0.0476. The van der Waals surface area contributed by atoms with E-state index >= 15 is 0 Å². The van der Waals surface area contributed by atoms with Gasteiger partial charge in [-0.2, -0.15) is 5.10 Å². The summed E-state index contributed by atoms with van der Waals surface area (Å²) in [4.78, 5) is 14.6. The van der Waals surface area contributed by atoms with Crippen LogP contribution in [-0.2, 0) is 16.6 Å². The highest BCUT2D eigenvalue weighted by molar-refractivity contribution is 7.89. The Hall–Kier alpha value is -3.75. The van der Waals surface area contributed by atoms with Crippen LogP contribution < -0.4 is 4.72 Å².